The van der Waals surface area contributed by atoms with Crippen molar-refractivity contribution in [2.24, 2.45) is 0 Å². The number of carbonyl (C=O) groups is 1. The molecule has 4 aromatic rings. The van der Waals surface area contributed by atoms with Gasteiger partial charge >= 0.3 is 0 Å². The zero-order valence-corrected chi connectivity index (χ0v) is 17.8. The van der Waals surface area contributed by atoms with E-state index >= 15 is 0 Å². The van der Waals surface area contributed by atoms with E-state index in [-0.39, 0.29) is 5.91 Å². The van der Waals surface area contributed by atoms with Gasteiger partial charge in [0.15, 0.2) is 0 Å². The van der Waals surface area contributed by atoms with Gasteiger partial charge in [-0.25, -0.2) is 0 Å². The summed E-state index contributed by atoms with van der Waals surface area (Å²) in [5.74, 6) is -0.0841. The number of carbonyl (C=O) groups excluding carboxylic acids is 1. The van der Waals surface area contributed by atoms with Gasteiger partial charge in [0.2, 0.25) is 0 Å². The third-order valence-electron chi connectivity index (χ3n) is 5.21. The molecule has 0 fully saturated rings. The van der Waals surface area contributed by atoms with Crippen LogP contribution in [-0.4, -0.2) is 47.8 Å². The van der Waals surface area contributed by atoms with Crippen molar-refractivity contribution in [1.82, 2.24) is 40.7 Å². The van der Waals surface area contributed by atoms with Gasteiger partial charge in [0, 0.05) is 42.2 Å². The zero-order chi connectivity index (χ0) is 22.0. The Kier molecular flexibility index (Phi) is 7.30. The summed E-state index contributed by atoms with van der Waals surface area (Å²) in [5, 5.41) is 21.9. The van der Waals surface area contributed by atoms with Crippen LogP contribution in [-0.2, 0) is 6.54 Å². The van der Waals surface area contributed by atoms with Crippen molar-refractivity contribution in [1.29, 1.82) is 0 Å². The lowest BCUT2D eigenvalue weighted by Gasteiger charge is -2.08. The maximum atomic E-state index is 12.6. The van der Waals surface area contributed by atoms with E-state index in [4.69, 9.17) is 0 Å². The van der Waals surface area contributed by atoms with Crippen molar-refractivity contribution in [3.63, 3.8) is 0 Å². The average molecular weight is 431 g/mol. The Morgan fingerprint density at radius 1 is 0.969 bits per heavy atom. The van der Waals surface area contributed by atoms with E-state index in [1.54, 1.807) is 18.6 Å². The first-order valence-electron chi connectivity index (χ1n) is 10.8. The lowest BCUT2D eigenvalue weighted by atomic mass is 10.0. The van der Waals surface area contributed by atoms with E-state index in [2.05, 4.69) is 36.0 Å². The molecule has 0 spiro atoms. The first-order chi connectivity index (χ1) is 15.8. The van der Waals surface area contributed by atoms with Gasteiger partial charge in [-0.1, -0.05) is 42.7 Å². The second-order valence-corrected chi connectivity index (χ2v) is 7.53. The molecule has 9 heteroatoms. The van der Waals surface area contributed by atoms with E-state index in [0.29, 0.717) is 17.8 Å². The predicted octanol–water partition coefficient (Wildman–Crippen LogP) is 3.51. The van der Waals surface area contributed by atoms with Crippen LogP contribution in [0.3, 0.4) is 0 Å². The van der Waals surface area contributed by atoms with Crippen LogP contribution in [0.5, 0.6) is 0 Å². The number of aromatic amines is 1. The Balaban J connectivity index is 1.12. The van der Waals surface area contributed by atoms with Gasteiger partial charge in [0.1, 0.15) is 11.4 Å². The molecule has 0 saturated heterocycles. The molecule has 9 nitrogen and oxygen atoms in total. The molecule has 2 N–H and O–H groups in total. The standard InChI is InChI=1S/C23H26N8O/c32-23(20-11-5-4-10-19(20)21-16-26-29-27-21)25-13-6-2-1-3-7-14-31-17-22(28-30-31)18-9-8-12-24-15-18/h4-5,8-12,15-17H,1-3,6-7,13-14H2,(H,25,32)(H,26,27,29). The number of aromatic nitrogens is 7. The molecule has 32 heavy (non-hydrogen) atoms. The quantitative estimate of drug-likeness (QED) is 0.352. The van der Waals surface area contributed by atoms with Crippen LogP contribution >= 0.6 is 0 Å². The number of benzene rings is 1. The maximum absolute atomic E-state index is 12.6. The summed E-state index contributed by atoms with van der Waals surface area (Å²) in [6, 6.07) is 11.3. The maximum Gasteiger partial charge on any atom is 0.251 e. The van der Waals surface area contributed by atoms with Gasteiger partial charge in [0.25, 0.3) is 5.91 Å². The SMILES string of the molecule is O=C(NCCCCCCCn1cc(-c2cccnc2)nn1)c1ccccc1-c1cn[nH]n1. The van der Waals surface area contributed by atoms with Crippen LogP contribution in [0.2, 0.25) is 0 Å². The number of nitrogens with one attached hydrogen (secondary N) is 2. The predicted molar refractivity (Wildman–Crippen MR) is 120 cm³/mol. The summed E-state index contributed by atoms with van der Waals surface area (Å²) in [6.45, 7) is 1.51. The van der Waals surface area contributed by atoms with Crippen LogP contribution in [0.15, 0.2) is 61.2 Å². The topological polar surface area (TPSA) is 114 Å². The third kappa shape index (κ3) is 5.63. The van der Waals surface area contributed by atoms with Gasteiger partial charge in [-0.15, -0.1) is 5.10 Å². The molecule has 0 atom stereocenters. The summed E-state index contributed by atoms with van der Waals surface area (Å²) in [4.78, 5) is 16.7. The third-order valence-corrected chi connectivity index (χ3v) is 5.21. The van der Waals surface area contributed by atoms with Crippen molar-refractivity contribution in [3.8, 4) is 22.5 Å². The molecule has 164 valence electrons. The molecule has 0 aliphatic rings. The first kappa shape index (κ1) is 21.4. The Morgan fingerprint density at radius 3 is 2.69 bits per heavy atom. The van der Waals surface area contributed by atoms with Crippen molar-refractivity contribution in [2.75, 3.05) is 6.54 Å². The highest BCUT2D eigenvalue weighted by atomic mass is 16.1. The average Bonchev–Trinajstić information content (AvgIpc) is 3.54. The van der Waals surface area contributed by atoms with Crippen LogP contribution < -0.4 is 5.32 Å². The number of pyridine rings is 1. The highest BCUT2D eigenvalue weighted by Crippen LogP contribution is 2.20. The van der Waals surface area contributed by atoms with E-state index in [0.717, 1.165) is 55.5 Å². The molecule has 3 heterocycles. The molecule has 0 unspecified atom stereocenters. The normalized spacial score (nSPS) is 10.9. The second kappa shape index (κ2) is 10.9. The molecule has 0 aliphatic carbocycles. The van der Waals surface area contributed by atoms with Crippen molar-refractivity contribution < 1.29 is 4.79 Å². The summed E-state index contributed by atoms with van der Waals surface area (Å²) >= 11 is 0. The number of H-pyrrole nitrogens is 1. The fourth-order valence-corrected chi connectivity index (χ4v) is 3.52. The minimum Gasteiger partial charge on any atom is -0.352 e. The molecule has 1 aromatic carbocycles. The van der Waals surface area contributed by atoms with E-state index in [9.17, 15) is 4.79 Å². The van der Waals surface area contributed by atoms with Gasteiger partial charge in [-0.2, -0.15) is 15.4 Å². The number of unbranched alkanes of at least 4 members (excludes halogenated alkanes) is 4. The smallest absolute Gasteiger partial charge is 0.251 e. The number of amides is 1. The Morgan fingerprint density at radius 2 is 1.84 bits per heavy atom. The van der Waals surface area contributed by atoms with Crippen LogP contribution in [0.4, 0.5) is 0 Å². The largest absolute Gasteiger partial charge is 0.352 e. The van der Waals surface area contributed by atoms with Crippen LogP contribution in [0, 0.1) is 0 Å². The van der Waals surface area contributed by atoms with Gasteiger partial charge < -0.3 is 5.32 Å². The minimum absolute atomic E-state index is 0.0841. The fraction of sp³-hybridized carbons (Fsp3) is 0.304. The van der Waals surface area contributed by atoms with Crippen LogP contribution in [0.25, 0.3) is 22.5 Å². The van der Waals surface area contributed by atoms with Gasteiger partial charge in [-0.3, -0.25) is 14.5 Å². The molecule has 0 saturated carbocycles. The van der Waals surface area contributed by atoms with E-state index in [1.807, 2.05) is 47.3 Å². The molecule has 0 radical (unpaired) electrons. The molecular weight excluding hydrogens is 404 g/mol. The van der Waals surface area contributed by atoms with Crippen molar-refractivity contribution >= 4 is 5.91 Å². The van der Waals surface area contributed by atoms with Crippen molar-refractivity contribution in [2.45, 2.75) is 38.6 Å². The van der Waals surface area contributed by atoms with Crippen LogP contribution in [0.1, 0.15) is 42.5 Å². The van der Waals surface area contributed by atoms with Gasteiger partial charge in [-0.05, 0) is 31.0 Å². The number of nitrogens with zero attached hydrogens (tertiary/aromatic N) is 6. The van der Waals surface area contributed by atoms with E-state index in [1.165, 1.54) is 0 Å². The summed E-state index contributed by atoms with van der Waals surface area (Å²) in [6.07, 6.45) is 12.4. The van der Waals surface area contributed by atoms with Crippen molar-refractivity contribution in [3.05, 3.63) is 66.7 Å². The lowest BCUT2D eigenvalue weighted by molar-refractivity contribution is 0.0953. The monoisotopic (exact) mass is 430 g/mol. The lowest BCUT2D eigenvalue weighted by Crippen LogP contribution is -2.25. The molecule has 3 aromatic heterocycles. The molecule has 0 aliphatic heterocycles. The Bertz CT molecular complexity index is 1110. The molecule has 1 amide bonds. The Hall–Kier alpha value is -3.88. The molecule has 4 rings (SSSR count). The summed E-state index contributed by atoms with van der Waals surface area (Å²) in [5.41, 5.74) is 3.87. The van der Waals surface area contributed by atoms with Gasteiger partial charge in [0.05, 0.1) is 12.4 Å². The summed E-state index contributed by atoms with van der Waals surface area (Å²) in [7, 11) is 0. The highest BCUT2D eigenvalue weighted by molar-refractivity contribution is 6.00. The number of aryl methyl sites for hydroxylation is 1. The minimum atomic E-state index is -0.0841. The molecule has 0 bridgehead atoms. The van der Waals surface area contributed by atoms with E-state index < -0.39 is 0 Å². The first-order valence-corrected chi connectivity index (χ1v) is 10.8. The highest BCUT2D eigenvalue weighted by Gasteiger charge is 2.13. The number of hydrogen-bond acceptors (Lipinski definition) is 6. The molecular formula is C23H26N8O. The summed E-state index contributed by atoms with van der Waals surface area (Å²) < 4.78 is 1.88. The zero-order valence-electron chi connectivity index (χ0n) is 17.8. The fourth-order valence-electron chi connectivity index (χ4n) is 3.52. The number of hydrogen-bond donors (Lipinski definition) is 2. The Labute approximate surface area is 186 Å². The second-order valence-electron chi connectivity index (χ2n) is 7.53. The number of rotatable bonds is 11.